The van der Waals surface area contributed by atoms with Crippen molar-refractivity contribution in [1.29, 1.82) is 10.8 Å². The molecule has 4 atom stereocenters. The van der Waals surface area contributed by atoms with Crippen LogP contribution in [0.1, 0.15) is 48.0 Å². The van der Waals surface area contributed by atoms with Crippen LogP contribution in [0.3, 0.4) is 0 Å². The molecule has 18 nitrogen and oxygen atoms in total. The number of carbonyl (C=O) groups excluding carboxylic acids is 2. The highest BCUT2D eigenvalue weighted by molar-refractivity contribution is 7.88. The second-order valence-electron chi connectivity index (χ2n) is 11.3. The molecule has 2 heterocycles. The Balaban J connectivity index is 0.00000107. The molecule has 2 fully saturated rings. The maximum Gasteiger partial charge on any atom is 0.490 e. The average Bonchev–Trinajstić information content (AvgIpc) is 3.00. The molecule has 0 bridgehead atoms. The first-order valence-electron chi connectivity index (χ1n) is 14.8. The normalized spacial score (nSPS) is 20.2. The molecule has 22 heteroatoms. The van der Waals surface area contributed by atoms with Crippen LogP contribution >= 0.6 is 0 Å². The number of aliphatic hydroxyl groups is 1. The number of benzene rings is 1. The van der Waals surface area contributed by atoms with Crippen LogP contribution in [0, 0.1) is 16.7 Å². The molecule has 274 valence electrons. The van der Waals surface area contributed by atoms with Gasteiger partial charge >= 0.3 is 18.1 Å². The molecule has 1 aromatic rings. The topological polar surface area (TPSA) is 305 Å². The van der Waals surface area contributed by atoms with E-state index in [1.807, 2.05) is 0 Å². The number of nitrogens with two attached hydrogens (primary N) is 2. The van der Waals surface area contributed by atoms with Crippen LogP contribution in [0.4, 0.5) is 13.2 Å². The van der Waals surface area contributed by atoms with Gasteiger partial charge < -0.3 is 47.2 Å². The van der Waals surface area contributed by atoms with Crippen LogP contribution in [-0.4, -0.2) is 120 Å². The van der Waals surface area contributed by atoms with Gasteiger partial charge in [0.05, 0.1) is 23.9 Å². The van der Waals surface area contributed by atoms with E-state index >= 15 is 0 Å². The Bertz CT molecular complexity index is 1500. The minimum Gasteiger partial charge on any atom is -0.478 e. The van der Waals surface area contributed by atoms with Crippen molar-refractivity contribution >= 4 is 45.7 Å². The molecule has 2 aliphatic heterocycles. The molecule has 49 heavy (non-hydrogen) atoms. The number of guanidine groups is 2. The number of alkyl halides is 3. The Morgan fingerprint density at radius 1 is 1.02 bits per heavy atom. The minimum atomic E-state index is -5.08. The molecule has 0 aliphatic carbocycles. The van der Waals surface area contributed by atoms with Crippen molar-refractivity contribution < 1.29 is 56.1 Å². The van der Waals surface area contributed by atoms with Gasteiger partial charge in [0.2, 0.25) is 21.8 Å². The molecule has 12 N–H and O–H groups in total. The number of rotatable bonds is 11. The summed E-state index contributed by atoms with van der Waals surface area (Å²) in [6.07, 6.45) is -3.91. The molecular formula is C27H40F3N9O9S. The number of hydrogen-bond donors (Lipinski definition) is 10. The van der Waals surface area contributed by atoms with Gasteiger partial charge in [-0.1, -0.05) is 18.2 Å². The number of halogens is 3. The summed E-state index contributed by atoms with van der Waals surface area (Å²) in [6.45, 7) is 0.761. The number of piperidine rings is 2. The van der Waals surface area contributed by atoms with Crippen molar-refractivity contribution in [3.05, 3.63) is 35.4 Å². The lowest BCUT2D eigenvalue weighted by Gasteiger charge is -2.38. The first kappa shape index (κ1) is 40.5. The highest BCUT2D eigenvalue weighted by Crippen LogP contribution is 2.22. The zero-order valence-electron chi connectivity index (χ0n) is 26.1. The number of carbonyl (C=O) groups is 4. The van der Waals surface area contributed by atoms with Gasteiger partial charge in [-0.05, 0) is 49.7 Å². The number of hydrogen-bond acceptors (Lipinski definition) is 9. The number of nitrogens with one attached hydrogen (secondary N) is 5. The fourth-order valence-electron chi connectivity index (χ4n) is 5.27. The summed E-state index contributed by atoms with van der Waals surface area (Å²) in [5.41, 5.74) is 11.0. The van der Waals surface area contributed by atoms with E-state index in [0.29, 0.717) is 45.3 Å². The summed E-state index contributed by atoms with van der Waals surface area (Å²) in [4.78, 5) is 49.2. The Morgan fingerprint density at radius 3 is 2.20 bits per heavy atom. The summed E-state index contributed by atoms with van der Waals surface area (Å²) in [5.74, 6) is -6.79. The quantitative estimate of drug-likeness (QED) is 0.0940. The molecule has 0 radical (unpaired) electrons. The van der Waals surface area contributed by atoms with Crippen LogP contribution in [0.25, 0.3) is 0 Å². The lowest BCUT2D eigenvalue weighted by Crippen LogP contribution is -2.59. The van der Waals surface area contributed by atoms with Crippen LogP contribution in [-0.2, 0) is 30.2 Å². The molecule has 2 amide bonds. The number of aromatic carboxylic acids is 1. The second kappa shape index (κ2) is 17.6. The summed E-state index contributed by atoms with van der Waals surface area (Å²) >= 11 is 0. The highest BCUT2D eigenvalue weighted by atomic mass is 32.2. The number of nitrogens with zero attached hydrogens (tertiary/aromatic N) is 2. The van der Waals surface area contributed by atoms with Crippen molar-refractivity contribution in [3.8, 4) is 0 Å². The largest absolute Gasteiger partial charge is 0.490 e. The number of amides is 2. The van der Waals surface area contributed by atoms with Crippen LogP contribution in [0.5, 0.6) is 0 Å². The Hall–Kier alpha value is -4.70. The zero-order chi connectivity index (χ0) is 37.1. The predicted molar refractivity (Wildman–Crippen MR) is 166 cm³/mol. The molecule has 2 saturated heterocycles. The predicted octanol–water partition coefficient (Wildman–Crippen LogP) is -1.29. The molecule has 3 rings (SSSR count). The standard InChI is InChI=1S/C25H39N9O7S.C2HF3O2/c26-24(27)33-9-3-5-15(13-33)11-19(32-42(40,41)14-16-6-1-2-7-17(16)23(38)39)21(36)30-12-20(35)31-18-8-4-10-34(22(18)37)25(28)29;3-2(4,5)1(6)7/h1-2,6-7,15,18-19,22,32,37H,3-5,8-14H2,(H3,26,27)(H3,28,29)(H,30,36)(H,31,35)(H,38,39);(H,6,7)/t15?,18-,19+,22?;/m0./s1. The minimum absolute atomic E-state index is 0.0436. The number of likely N-dealkylation sites (tertiary alicyclic amines) is 2. The average molecular weight is 724 g/mol. The summed E-state index contributed by atoms with van der Waals surface area (Å²) < 4.78 is 60.4. The Labute approximate surface area is 279 Å². The smallest absolute Gasteiger partial charge is 0.478 e. The van der Waals surface area contributed by atoms with Crippen LogP contribution < -0.4 is 26.8 Å². The van der Waals surface area contributed by atoms with E-state index in [1.54, 1.807) is 4.90 Å². The highest BCUT2D eigenvalue weighted by Gasteiger charge is 2.38. The lowest BCUT2D eigenvalue weighted by molar-refractivity contribution is -0.192. The number of aliphatic carboxylic acids is 1. The summed E-state index contributed by atoms with van der Waals surface area (Å²) in [7, 11) is -4.22. The maximum absolute atomic E-state index is 13.2. The number of sulfonamides is 1. The second-order valence-corrected chi connectivity index (χ2v) is 13.1. The van der Waals surface area contributed by atoms with E-state index in [9.17, 15) is 46.2 Å². The summed E-state index contributed by atoms with van der Waals surface area (Å²) in [6, 6.07) is 3.62. The van der Waals surface area contributed by atoms with Gasteiger partial charge in [-0.25, -0.2) is 22.7 Å². The van der Waals surface area contributed by atoms with Crippen LogP contribution in [0.15, 0.2) is 24.3 Å². The van der Waals surface area contributed by atoms with Crippen LogP contribution in [0.2, 0.25) is 0 Å². The molecule has 0 spiro atoms. The molecule has 0 aromatic heterocycles. The lowest BCUT2D eigenvalue weighted by atomic mass is 9.91. The van der Waals surface area contributed by atoms with Gasteiger partial charge in [-0.15, -0.1) is 0 Å². The third-order valence-corrected chi connectivity index (χ3v) is 8.91. The zero-order valence-corrected chi connectivity index (χ0v) is 26.9. The van der Waals surface area contributed by atoms with Gasteiger partial charge in [0.25, 0.3) is 0 Å². The van der Waals surface area contributed by atoms with Gasteiger partial charge in [-0.2, -0.15) is 13.2 Å². The number of carboxylic acid groups (broad SMARTS) is 2. The molecule has 2 unspecified atom stereocenters. The molecule has 1 aromatic carbocycles. The van der Waals surface area contributed by atoms with Gasteiger partial charge in [-0.3, -0.25) is 20.4 Å². The molecule has 0 saturated carbocycles. The third kappa shape index (κ3) is 13.0. The SMILES string of the molecule is N=C(N)N1CCCC(C[C@@H](NS(=O)(=O)Cc2ccccc2C(=O)O)C(=O)NCC(=O)N[C@H]2CCCN(C(=N)N)C2O)C1.O=C(O)C(F)(F)F. The van der Waals surface area contributed by atoms with E-state index in [4.69, 9.17) is 32.2 Å². The fraction of sp³-hybridized carbons (Fsp3) is 0.556. The fourth-order valence-corrected chi connectivity index (χ4v) is 6.66. The van der Waals surface area contributed by atoms with Gasteiger partial charge in [0.15, 0.2) is 11.9 Å². The van der Waals surface area contributed by atoms with E-state index in [-0.39, 0.29) is 35.4 Å². The van der Waals surface area contributed by atoms with Gasteiger partial charge in [0.1, 0.15) is 12.3 Å². The maximum atomic E-state index is 13.2. The first-order valence-corrected chi connectivity index (χ1v) is 16.4. The summed E-state index contributed by atoms with van der Waals surface area (Å²) in [5, 5.41) is 47.3. The van der Waals surface area contributed by atoms with Crippen molar-refractivity contribution in [3.63, 3.8) is 0 Å². The molecule has 2 aliphatic rings. The third-order valence-electron chi connectivity index (χ3n) is 7.58. The Kier molecular flexibility index (Phi) is 14.6. The van der Waals surface area contributed by atoms with Crippen molar-refractivity contribution in [2.24, 2.45) is 17.4 Å². The van der Waals surface area contributed by atoms with Crippen molar-refractivity contribution in [1.82, 2.24) is 25.2 Å². The Morgan fingerprint density at radius 2 is 1.63 bits per heavy atom. The first-order chi connectivity index (χ1) is 22.7. The molecular weight excluding hydrogens is 683 g/mol. The van der Waals surface area contributed by atoms with E-state index in [1.165, 1.54) is 29.2 Å². The van der Waals surface area contributed by atoms with E-state index in [2.05, 4.69) is 15.4 Å². The van der Waals surface area contributed by atoms with Crippen molar-refractivity contribution in [2.75, 3.05) is 26.2 Å². The van der Waals surface area contributed by atoms with E-state index in [0.717, 1.165) is 0 Å². The van der Waals surface area contributed by atoms with Gasteiger partial charge in [0, 0.05) is 19.6 Å². The number of carboxylic acids is 2. The monoisotopic (exact) mass is 723 g/mol. The van der Waals surface area contributed by atoms with E-state index < -0.39 is 70.6 Å². The van der Waals surface area contributed by atoms with Crippen molar-refractivity contribution in [2.45, 2.75) is 62.3 Å². The number of aliphatic hydroxyl groups excluding tert-OH is 1.